The summed E-state index contributed by atoms with van der Waals surface area (Å²) in [6.45, 7) is 3.65. The molecule has 0 heterocycles. The Bertz CT molecular complexity index is 151. The lowest BCUT2D eigenvalue weighted by molar-refractivity contribution is -0.136. The monoisotopic (exact) mass is 158 g/mol. The number of carbonyl (C=O) groups is 2. The number of carbonyl (C=O) groups excluding carboxylic acids is 1. The fourth-order valence-corrected chi connectivity index (χ4v) is 0.556. The van der Waals surface area contributed by atoms with E-state index in [0.717, 1.165) is 12.8 Å². The van der Waals surface area contributed by atoms with E-state index in [9.17, 15) is 9.59 Å². The molecule has 1 unspecified atom stereocenters. The molecule has 0 radical (unpaired) electrons. The van der Waals surface area contributed by atoms with Crippen molar-refractivity contribution in [3.63, 3.8) is 0 Å². The van der Waals surface area contributed by atoms with Gasteiger partial charge in [0.15, 0.2) is 0 Å². The summed E-state index contributed by atoms with van der Waals surface area (Å²) in [4.78, 5) is 19.5. The van der Waals surface area contributed by atoms with Crippen LogP contribution < -0.4 is 0 Å². The number of ketones is 1. The van der Waals surface area contributed by atoms with Crippen molar-refractivity contribution in [2.75, 3.05) is 0 Å². The summed E-state index contributed by atoms with van der Waals surface area (Å²) in [5, 5.41) is 7.72. The first-order chi connectivity index (χ1) is 5.11. The Morgan fingerprint density at radius 3 is 2.00 bits per heavy atom. The highest BCUT2D eigenvalue weighted by atomic mass is 16.4. The second-order valence-corrected chi connectivity index (χ2v) is 2.52. The maximum Gasteiger partial charge on any atom is 0.303 e. The van der Waals surface area contributed by atoms with E-state index < -0.39 is 5.97 Å². The summed E-state index contributed by atoms with van der Waals surface area (Å²) in [6.07, 6.45) is 2.13. The van der Waals surface area contributed by atoms with Crippen LogP contribution in [0.4, 0.5) is 0 Å². The van der Waals surface area contributed by atoms with Gasteiger partial charge in [-0.3, -0.25) is 9.59 Å². The molecule has 0 spiro atoms. The second-order valence-electron chi connectivity index (χ2n) is 2.52. The minimum absolute atomic E-state index is 0.222. The van der Waals surface area contributed by atoms with Gasteiger partial charge in [-0.15, -0.1) is 0 Å². The van der Waals surface area contributed by atoms with Crippen LogP contribution in [0.25, 0.3) is 0 Å². The molecule has 3 heteroatoms. The van der Waals surface area contributed by atoms with Crippen molar-refractivity contribution in [3.8, 4) is 0 Å². The highest BCUT2D eigenvalue weighted by Crippen LogP contribution is 2.26. The molecule has 0 aromatic rings. The Hall–Kier alpha value is -0.860. The summed E-state index contributed by atoms with van der Waals surface area (Å²) in [7, 11) is 0. The molecule has 1 fully saturated rings. The first kappa shape index (κ1) is 10.1. The fourth-order valence-electron chi connectivity index (χ4n) is 0.556. The molecule has 0 bridgehead atoms. The molecule has 1 saturated carbocycles. The third kappa shape index (κ3) is 5.58. The van der Waals surface area contributed by atoms with Crippen LogP contribution in [-0.4, -0.2) is 16.9 Å². The first-order valence-corrected chi connectivity index (χ1v) is 3.86. The predicted molar refractivity (Wildman–Crippen MR) is 41.3 cm³/mol. The Labute approximate surface area is 66.4 Å². The largest absolute Gasteiger partial charge is 0.481 e. The predicted octanol–water partition coefficient (Wildman–Crippen LogP) is 1.47. The standard InChI is InChI=1S/C5H8O.C3H6O2/c1-2-4-3-5(4)6;1-2-3(4)5/h4H,2-3H2,1H3;2H2,1H3,(H,4,5). The van der Waals surface area contributed by atoms with Crippen molar-refractivity contribution in [1.82, 2.24) is 0 Å². The van der Waals surface area contributed by atoms with Crippen LogP contribution in [-0.2, 0) is 9.59 Å². The minimum Gasteiger partial charge on any atom is -0.481 e. The third-order valence-electron chi connectivity index (χ3n) is 1.54. The van der Waals surface area contributed by atoms with E-state index in [-0.39, 0.29) is 6.42 Å². The zero-order chi connectivity index (χ0) is 8.85. The molecule has 1 aliphatic rings. The SMILES string of the molecule is CCC(=O)O.CCC1CC1=O. The number of carboxylic acid groups (broad SMARTS) is 1. The lowest BCUT2D eigenvalue weighted by atomic mass is 10.3. The zero-order valence-electron chi connectivity index (χ0n) is 6.96. The molecule has 11 heavy (non-hydrogen) atoms. The number of aliphatic carboxylic acids is 1. The quantitative estimate of drug-likeness (QED) is 0.662. The maximum atomic E-state index is 10.1. The highest BCUT2D eigenvalue weighted by molar-refractivity contribution is 5.95. The van der Waals surface area contributed by atoms with Crippen molar-refractivity contribution in [2.45, 2.75) is 33.1 Å². The lowest BCUT2D eigenvalue weighted by Gasteiger charge is -1.71. The molecule has 0 aliphatic heterocycles. The number of carboxylic acids is 1. The Balaban J connectivity index is 0.000000187. The van der Waals surface area contributed by atoms with Gasteiger partial charge in [0, 0.05) is 18.8 Å². The summed E-state index contributed by atoms with van der Waals surface area (Å²) in [6, 6.07) is 0. The van der Waals surface area contributed by atoms with Gasteiger partial charge < -0.3 is 5.11 Å². The molecule has 3 nitrogen and oxygen atoms in total. The molecule has 0 aromatic carbocycles. The third-order valence-corrected chi connectivity index (χ3v) is 1.54. The van der Waals surface area contributed by atoms with Gasteiger partial charge in [-0.05, 0) is 6.42 Å². The van der Waals surface area contributed by atoms with Crippen molar-refractivity contribution >= 4 is 11.8 Å². The first-order valence-electron chi connectivity index (χ1n) is 3.86. The van der Waals surface area contributed by atoms with E-state index in [4.69, 9.17) is 5.11 Å². The van der Waals surface area contributed by atoms with Gasteiger partial charge in [0.1, 0.15) is 5.78 Å². The lowest BCUT2D eigenvalue weighted by Crippen LogP contribution is -1.86. The van der Waals surface area contributed by atoms with Crippen molar-refractivity contribution in [1.29, 1.82) is 0 Å². The highest BCUT2D eigenvalue weighted by Gasteiger charge is 2.31. The van der Waals surface area contributed by atoms with Gasteiger partial charge >= 0.3 is 5.97 Å². The fraction of sp³-hybridized carbons (Fsp3) is 0.750. The molecule has 0 saturated heterocycles. The van der Waals surface area contributed by atoms with Crippen LogP contribution in [0.5, 0.6) is 0 Å². The van der Waals surface area contributed by atoms with Gasteiger partial charge in [0.25, 0.3) is 0 Å². The number of Topliss-reactive ketones (excluding diaryl/α,β-unsaturated/α-hetero) is 1. The van der Waals surface area contributed by atoms with Crippen molar-refractivity contribution < 1.29 is 14.7 Å². The van der Waals surface area contributed by atoms with Crippen LogP contribution >= 0.6 is 0 Å². The molecule has 1 aliphatic carbocycles. The molecule has 1 N–H and O–H groups in total. The van der Waals surface area contributed by atoms with E-state index in [1.165, 1.54) is 0 Å². The molecular weight excluding hydrogens is 144 g/mol. The Morgan fingerprint density at radius 1 is 1.64 bits per heavy atom. The molecule has 0 amide bonds. The molecule has 0 aromatic heterocycles. The average Bonchev–Trinajstić information content (AvgIpc) is 2.67. The van der Waals surface area contributed by atoms with E-state index in [1.54, 1.807) is 6.92 Å². The number of rotatable bonds is 2. The summed E-state index contributed by atoms with van der Waals surface area (Å²) >= 11 is 0. The smallest absolute Gasteiger partial charge is 0.303 e. The van der Waals surface area contributed by atoms with Crippen molar-refractivity contribution in [3.05, 3.63) is 0 Å². The van der Waals surface area contributed by atoms with Gasteiger partial charge in [0.2, 0.25) is 0 Å². The van der Waals surface area contributed by atoms with Crippen LogP contribution in [0.15, 0.2) is 0 Å². The summed E-state index contributed by atoms with van der Waals surface area (Å²) in [5.74, 6) is 0.174. The Morgan fingerprint density at radius 2 is 2.00 bits per heavy atom. The van der Waals surface area contributed by atoms with Crippen molar-refractivity contribution in [2.24, 2.45) is 5.92 Å². The Kier molecular flexibility index (Phi) is 4.50. The minimum atomic E-state index is -0.745. The molecule has 1 rings (SSSR count). The molecule has 64 valence electrons. The van der Waals surface area contributed by atoms with Crippen LogP contribution in [0.2, 0.25) is 0 Å². The summed E-state index contributed by atoms with van der Waals surface area (Å²) in [5.41, 5.74) is 0. The van der Waals surface area contributed by atoms with E-state index in [2.05, 4.69) is 6.92 Å². The van der Waals surface area contributed by atoms with Gasteiger partial charge in [-0.25, -0.2) is 0 Å². The summed E-state index contributed by atoms with van der Waals surface area (Å²) < 4.78 is 0. The second kappa shape index (κ2) is 4.88. The molecule has 1 atom stereocenters. The number of hydrogen-bond acceptors (Lipinski definition) is 2. The maximum absolute atomic E-state index is 10.1. The normalized spacial score (nSPS) is 20.2. The van der Waals surface area contributed by atoms with E-state index in [0.29, 0.717) is 11.7 Å². The zero-order valence-corrected chi connectivity index (χ0v) is 6.96. The average molecular weight is 158 g/mol. The van der Waals surface area contributed by atoms with Crippen LogP contribution in [0, 0.1) is 5.92 Å². The van der Waals surface area contributed by atoms with E-state index >= 15 is 0 Å². The van der Waals surface area contributed by atoms with E-state index in [1.807, 2.05) is 0 Å². The van der Waals surface area contributed by atoms with Crippen LogP contribution in [0.3, 0.4) is 0 Å². The van der Waals surface area contributed by atoms with Gasteiger partial charge in [-0.1, -0.05) is 13.8 Å². The van der Waals surface area contributed by atoms with Crippen LogP contribution in [0.1, 0.15) is 33.1 Å². The topological polar surface area (TPSA) is 54.4 Å². The number of hydrogen-bond donors (Lipinski definition) is 1. The van der Waals surface area contributed by atoms with Gasteiger partial charge in [0.05, 0.1) is 0 Å². The van der Waals surface area contributed by atoms with Gasteiger partial charge in [-0.2, -0.15) is 0 Å². The molecular formula is C8H14O3.